The van der Waals surface area contributed by atoms with Crippen molar-refractivity contribution >= 4 is 44.1 Å². The lowest BCUT2D eigenvalue weighted by molar-refractivity contribution is -0.118. The van der Waals surface area contributed by atoms with E-state index in [9.17, 15) is 18.0 Å². The van der Waals surface area contributed by atoms with Crippen LogP contribution in [0.2, 0.25) is 0 Å². The molecule has 2 amide bonds. The molecule has 9 heteroatoms. The lowest BCUT2D eigenvalue weighted by atomic mass is 10.00. The number of sulfonamides is 1. The van der Waals surface area contributed by atoms with E-state index in [-0.39, 0.29) is 12.5 Å². The Bertz CT molecular complexity index is 1450. The molecule has 2 aliphatic heterocycles. The number of hydrogen-bond donors (Lipinski definition) is 1. The molecule has 3 aromatic carbocycles. The number of carbonyl (C=O) groups is 2. The lowest BCUT2D eigenvalue weighted by Crippen LogP contribution is -2.34. The van der Waals surface area contributed by atoms with Crippen LogP contribution in [0, 0.1) is 0 Å². The molecule has 1 atom stereocenters. The number of benzene rings is 3. The third kappa shape index (κ3) is 4.84. The van der Waals surface area contributed by atoms with Crippen LogP contribution in [0.1, 0.15) is 24.8 Å². The van der Waals surface area contributed by atoms with E-state index < -0.39 is 22.0 Å². The highest BCUT2D eigenvalue weighted by molar-refractivity contribution is 7.89. The van der Waals surface area contributed by atoms with Crippen molar-refractivity contribution < 1.29 is 22.7 Å². The van der Waals surface area contributed by atoms with Crippen molar-refractivity contribution in [3.05, 3.63) is 78.4 Å². The van der Waals surface area contributed by atoms with Gasteiger partial charge in [-0.25, -0.2) is 13.2 Å². The van der Waals surface area contributed by atoms with Gasteiger partial charge in [0.1, 0.15) is 6.10 Å². The van der Waals surface area contributed by atoms with Crippen LogP contribution in [-0.2, 0) is 19.6 Å². The van der Waals surface area contributed by atoms with Crippen molar-refractivity contribution in [3.63, 3.8) is 0 Å². The van der Waals surface area contributed by atoms with E-state index >= 15 is 0 Å². The van der Waals surface area contributed by atoms with Crippen molar-refractivity contribution in [1.82, 2.24) is 4.31 Å². The smallest absolute Gasteiger partial charge is 0.414 e. The van der Waals surface area contributed by atoms with Crippen molar-refractivity contribution in [2.24, 2.45) is 5.73 Å². The Morgan fingerprint density at radius 2 is 1.78 bits per heavy atom. The standard InChI is InChI=1S/C27H27N3O5S/c28-26(31)12-10-24-18-30(27(32)35-24)23-8-5-20(6-9-23)21-13-15-29(16-14-21)36(33,34)25-11-7-19-3-1-2-4-22(19)17-25/h1-9,11,13,17,24H,10,12,14-16,18H2,(H2,28,31)/t24-/m0/s1. The number of anilines is 1. The minimum absolute atomic E-state index is 0.173. The molecule has 186 valence electrons. The quantitative estimate of drug-likeness (QED) is 0.524. The largest absolute Gasteiger partial charge is 0.444 e. The molecule has 5 rings (SSSR count). The van der Waals surface area contributed by atoms with Crippen LogP contribution in [0.4, 0.5) is 10.5 Å². The normalized spacial score (nSPS) is 18.8. The summed E-state index contributed by atoms with van der Waals surface area (Å²) in [5.41, 5.74) is 7.95. The van der Waals surface area contributed by atoms with Crippen LogP contribution in [0.25, 0.3) is 16.3 Å². The van der Waals surface area contributed by atoms with Gasteiger partial charge in [0.05, 0.1) is 11.4 Å². The zero-order valence-corrected chi connectivity index (χ0v) is 20.5. The summed E-state index contributed by atoms with van der Waals surface area (Å²) in [6.45, 7) is 1.06. The van der Waals surface area contributed by atoms with Gasteiger partial charge in [-0.15, -0.1) is 0 Å². The number of ether oxygens (including phenoxy) is 1. The van der Waals surface area contributed by atoms with Crippen molar-refractivity contribution in [2.75, 3.05) is 24.5 Å². The number of hydrogen-bond acceptors (Lipinski definition) is 5. The number of nitrogens with two attached hydrogens (primary N) is 1. The zero-order valence-electron chi connectivity index (χ0n) is 19.7. The predicted molar refractivity (Wildman–Crippen MR) is 138 cm³/mol. The predicted octanol–water partition coefficient (Wildman–Crippen LogP) is 3.91. The highest BCUT2D eigenvalue weighted by atomic mass is 32.2. The summed E-state index contributed by atoms with van der Waals surface area (Å²) < 4.78 is 33.3. The molecule has 3 aromatic rings. The average Bonchev–Trinajstić information content (AvgIpc) is 3.27. The van der Waals surface area contributed by atoms with Gasteiger partial charge in [0.25, 0.3) is 0 Å². The number of cyclic esters (lactones) is 1. The molecule has 0 aliphatic carbocycles. The summed E-state index contributed by atoms with van der Waals surface area (Å²) in [7, 11) is -3.60. The zero-order chi connectivity index (χ0) is 25.3. The van der Waals surface area contributed by atoms with Crippen LogP contribution in [0.15, 0.2) is 77.7 Å². The van der Waals surface area contributed by atoms with E-state index in [1.807, 2.05) is 60.7 Å². The summed E-state index contributed by atoms with van der Waals surface area (Å²) in [4.78, 5) is 25.1. The van der Waals surface area contributed by atoms with Crippen LogP contribution >= 0.6 is 0 Å². The number of nitrogens with zero attached hydrogens (tertiary/aromatic N) is 2. The second-order valence-electron chi connectivity index (χ2n) is 9.02. The lowest BCUT2D eigenvalue weighted by Gasteiger charge is -2.26. The van der Waals surface area contributed by atoms with Crippen LogP contribution in [-0.4, -0.2) is 50.5 Å². The summed E-state index contributed by atoms with van der Waals surface area (Å²) >= 11 is 0. The Kier molecular flexibility index (Phi) is 6.51. The van der Waals surface area contributed by atoms with E-state index in [0.717, 1.165) is 21.9 Å². The van der Waals surface area contributed by atoms with E-state index in [1.54, 1.807) is 17.0 Å². The second-order valence-corrected chi connectivity index (χ2v) is 11.0. The molecule has 0 spiro atoms. The Hall–Kier alpha value is -3.69. The molecule has 2 N–H and O–H groups in total. The number of primary amides is 1. The van der Waals surface area contributed by atoms with Crippen LogP contribution < -0.4 is 10.6 Å². The Morgan fingerprint density at radius 3 is 2.47 bits per heavy atom. The number of fused-ring (bicyclic) bond motifs is 1. The van der Waals surface area contributed by atoms with E-state index in [4.69, 9.17) is 10.5 Å². The fourth-order valence-electron chi connectivity index (χ4n) is 4.65. The molecule has 0 unspecified atom stereocenters. The van der Waals surface area contributed by atoms with Gasteiger partial charge in [0.2, 0.25) is 15.9 Å². The second kappa shape index (κ2) is 9.75. The highest BCUT2D eigenvalue weighted by Gasteiger charge is 2.32. The molecular weight excluding hydrogens is 478 g/mol. The molecule has 8 nitrogen and oxygen atoms in total. The van der Waals surface area contributed by atoms with Gasteiger partial charge in [-0.3, -0.25) is 9.69 Å². The summed E-state index contributed by atoms with van der Waals surface area (Å²) in [6, 6.07) is 20.5. The summed E-state index contributed by atoms with van der Waals surface area (Å²) in [6.07, 6.45) is 2.31. The maximum atomic E-state index is 13.2. The molecule has 2 aliphatic rings. The van der Waals surface area contributed by atoms with E-state index in [0.29, 0.717) is 43.1 Å². The van der Waals surface area contributed by atoms with Gasteiger partial charge < -0.3 is 10.5 Å². The first-order valence-electron chi connectivity index (χ1n) is 11.9. The minimum Gasteiger partial charge on any atom is -0.444 e. The van der Waals surface area contributed by atoms with Gasteiger partial charge in [-0.1, -0.05) is 48.5 Å². The SMILES string of the molecule is NC(=O)CC[C@H]1CN(c2ccc(C3=CCN(S(=O)(=O)c4ccc5ccccc5c4)CC3)cc2)C(=O)O1. The molecule has 0 radical (unpaired) electrons. The minimum atomic E-state index is -3.60. The number of rotatable bonds is 7. The fraction of sp³-hybridized carbons (Fsp3) is 0.259. The fourth-order valence-corrected chi connectivity index (χ4v) is 6.07. The van der Waals surface area contributed by atoms with Crippen molar-refractivity contribution in [2.45, 2.75) is 30.3 Å². The first-order chi connectivity index (χ1) is 17.3. The van der Waals surface area contributed by atoms with Crippen LogP contribution in [0.5, 0.6) is 0 Å². The van der Waals surface area contributed by atoms with E-state index in [1.165, 1.54) is 4.31 Å². The maximum absolute atomic E-state index is 13.2. The van der Waals surface area contributed by atoms with Crippen LogP contribution in [0.3, 0.4) is 0 Å². The molecule has 1 saturated heterocycles. The summed E-state index contributed by atoms with van der Waals surface area (Å²) in [5.74, 6) is -0.418. The monoisotopic (exact) mass is 505 g/mol. The van der Waals surface area contributed by atoms with Crippen molar-refractivity contribution in [1.29, 1.82) is 0 Å². The topological polar surface area (TPSA) is 110 Å². The molecular formula is C27H27N3O5S. The van der Waals surface area contributed by atoms with Crippen molar-refractivity contribution in [3.8, 4) is 0 Å². The van der Waals surface area contributed by atoms with Gasteiger partial charge in [-0.05, 0) is 59.0 Å². The first-order valence-corrected chi connectivity index (χ1v) is 13.3. The summed E-state index contributed by atoms with van der Waals surface area (Å²) in [5, 5.41) is 1.90. The molecule has 2 heterocycles. The van der Waals surface area contributed by atoms with E-state index in [2.05, 4.69) is 0 Å². The average molecular weight is 506 g/mol. The Labute approximate surface area is 210 Å². The molecule has 0 aromatic heterocycles. The molecule has 1 fully saturated rings. The van der Waals surface area contributed by atoms with Gasteiger partial charge in [-0.2, -0.15) is 4.31 Å². The number of carbonyl (C=O) groups excluding carboxylic acids is 2. The molecule has 0 saturated carbocycles. The van der Waals surface area contributed by atoms with Gasteiger partial charge in [0, 0.05) is 25.2 Å². The maximum Gasteiger partial charge on any atom is 0.414 e. The number of amides is 2. The third-order valence-corrected chi connectivity index (χ3v) is 8.53. The van der Waals surface area contributed by atoms with Gasteiger partial charge >= 0.3 is 6.09 Å². The van der Waals surface area contributed by atoms with Gasteiger partial charge in [0.15, 0.2) is 0 Å². The Morgan fingerprint density at radius 1 is 1.03 bits per heavy atom. The highest BCUT2D eigenvalue weighted by Crippen LogP contribution is 2.30. The molecule has 36 heavy (non-hydrogen) atoms. The first kappa shape index (κ1) is 24.0. The molecule has 0 bridgehead atoms. The third-order valence-electron chi connectivity index (χ3n) is 6.67. The Balaban J connectivity index is 1.26.